The molecule has 1 atom stereocenters. The molecule has 2 heterocycles. The maximum Gasteiger partial charge on any atom is 0.410 e. The fourth-order valence-electron chi connectivity index (χ4n) is 2.66. The minimum absolute atomic E-state index is 0.221. The van der Waals surface area contributed by atoms with Crippen molar-refractivity contribution in [1.29, 1.82) is 0 Å². The van der Waals surface area contributed by atoms with Crippen molar-refractivity contribution >= 4 is 11.9 Å². The molecule has 1 aliphatic rings. The van der Waals surface area contributed by atoms with Crippen LogP contribution in [0.3, 0.4) is 0 Å². The van der Waals surface area contributed by atoms with Crippen molar-refractivity contribution in [1.82, 2.24) is 9.88 Å². The van der Waals surface area contributed by atoms with E-state index in [0.717, 1.165) is 37.2 Å². The van der Waals surface area contributed by atoms with Gasteiger partial charge in [-0.1, -0.05) is 0 Å². The zero-order valence-electron chi connectivity index (χ0n) is 13.3. The minimum atomic E-state index is -0.443. The maximum absolute atomic E-state index is 12.0. The summed E-state index contributed by atoms with van der Waals surface area (Å²) in [7, 11) is 0. The zero-order chi connectivity index (χ0) is 15.6. The summed E-state index contributed by atoms with van der Waals surface area (Å²) in [6.07, 6.45) is 1.61. The second kappa shape index (κ2) is 5.92. The Bertz CT molecular complexity index is 502. The van der Waals surface area contributed by atoms with Crippen LogP contribution in [0.1, 0.15) is 38.4 Å². The van der Waals surface area contributed by atoms with E-state index in [2.05, 4.69) is 11.1 Å². The second-order valence-corrected chi connectivity index (χ2v) is 6.85. The van der Waals surface area contributed by atoms with Crippen LogP contribution in [0.5, 0.6) is 0 Å². The van der Waals surface area contributed by atoms with Crippen molar-refractivity contribution in [2.24, 2.45) is 5.92 Å². The number of pyridine rings is 1. The van der Waals surface area contributed by atoms with E-state index in [4.69, 9.17) is 10.5 Å². The highest BCUT2D eigenvalue weighted by Gasteiger charge is 2.29. The highest BCUT2D eigenvalue weighted by atomic mass is 16.6. The lowest BCUT2D eigenvalue weighted by Crippen LogP contribution is -2.35. The van der Waals surface area contributed by atoms with Crippen LogP contribution >= 0.6 is 0 Å². The molecule has 5 heteroatoms. The van der Waals surface area contributed by atoms with Gasteiger partial charge in [-0.2, -0.15) is 0 Å². The first kappa shape index (κ1) is 15.6. The van der Waals surface area contributed by atoms with Crippen LogP contribution in [0.4, 0.5) is 10.6 Å². The van der Waals surface area contributed by atoms with Crippen molar-refractivity contribution in [3.8, 4) is 0 Å². The molecule has 2 rings (SSSR count). The Morgan fingerprint density at radius 3 is 2.81 bits per heavy atom. The van der Waals surface area contributed by atoms with Gasteiger partial charge in [-0.25, -0.2) is 9.78 Å². The molecule has 1 saturated heterocycles. The number of nitrogens with zero attached hydrogens (tertiary/aromatic N) is 2. The van der Waals surface area contributed by atoms with Crippen molar-refractivity contribution in [2.75, 3.05) is 18.8 Å². The Hall–Kier alpha value is -1.78. The van der Waals surface area contributed by atoms with Gasteiger partial charge in [0, 0.05) is 18.8 Å². The molecule has 1 aromatic rings. The van der Waals surface area contributed by atoms with Crippen LogP contribution < -0.4 is 5.73 Å². The second-order valence-electron chi connectivity index (χ2n) is 6.85. The van der Waals surface area contributed by atoms with E-state index >= 15 is 0 Å². The zero-order valence-corrected chi connectivity index (χ0v) is 13.3. The van der Waals surface area contributed by atoms with E-state index in [1.165, 1.54) is 0 Å². The summed E-state index contributed by atoms with van der Waals surface area (Å²) in [5.74, 6) is 0.984. The summed E-state index contributed by atoms with van der Waals surface area (Å²) in [5.41, 5.74) is 7.47. The van der Waals surface area contributed by atoms with Gasteiger partial charge in [-0.15, -0.1) is 0 Å². The Labute approximate surface area is 126 Å². The minimum Gasteiger partial charge on any atom is -0.444 e. The number of likely N-dealkylation sites (tertiary alicyclic amines) is 1. The van der Waals surface area contributed by atoms with Gasteiger partial charge in [0.2, 0.25) is 0 Å². The normalized spacial score (nSPS) is 18.9. The molecule has 2 N–H and O–H groups in total. The number of carbonyl (C=O) groups excluding carboxylic acids is 1. The van der Waals surface area contributed by atoms with Crippen LogP contribution in [0.15, 0.2) is 12.1 Å². The molecule has 5 nitrogen and oxygen atoms in total. The molecule has 1 aliphatic heterocycles. The van der Waals surface area contributed by atoms with Crippen LogP contribution in [-0.4, -0.2) is 34.7 Å². The summed E-state index contributed by atoms with van der Waals surface area (Å²) in [5, 5.41) is 0. The smallest absolute Gasteiger partial charge is 0.410 e. The van der Waals surface area contributed by atoms with Crippen molar-refractivity contribution in [3.63, 3.8) is 0 Å². The van der Waals surface area contributed by atoms with Crippen LogP contribution in [0, 0.1) is 12.8 Å². The topological polar surface area (TPSA) is 68.5 Å². The average molecular weight is 291 g/mol. The molecular formula is C16H25N3O2. The van der Waals surface area contributed by atoms with Gasteiger partial charge >= 0.3 is 6.09 Å². The van der Waals surface area contributed by atoms with Crippen molar-refractivity contribution in [2.45, 2.75) is 46.1 Å². The van der Waals surface area contributed by atoms with Gasteiger partial charge < -0.3 is 15.4 Å². The van der Waals surface area contributed by atoms with Crippen LogP contribution in [0.2, 0.25) is 0 Å². The van der Waals surface area contributed by atoms with Crippen molar-refractivity contribution in [3.05, 3.63) is 23.4 Å². The standard InChI is InChI=1S/C16H25N3O2/c1-11-7-13(18-14(17)8-11)9-12-5-6-19(10-12)15(20)21-16(2,3)4/h7-8,12H,5-6,9-10H2,1-4H3,(H2,17,18). The average Bonchev–Trinajstić information content (AvgIpc) is 2.73. The van der Waals surface area contributed by atoms with E-state index in [1.54, 1.807) is 4.90 Å². The number of aryl methyl sites for hydroxylation is 1. The molecule has 1 unspecified atom stereocenters. The van der Waals surface area contributed by atoms with Crippen LogP contribution in [-0.2, 0) is 11.2 Å². The Balaban J connectivity index is 1.92. The predicted octanol–water partition coefficient (Wildman–Crippen LogP) is 2.77. The highest BCUT2D eigenvalue weighted by molar-refractivity contribution is 5.68. The first-order valence-electron chi connectivity index (χ1n) is 7.44. The molecule has 1 aromatic heterocycles. The van der Waals surface area contributed by atoms with E-state index in [0.29, 0.717) is 11.7 Å². The molecule has 0 spiro atoms. The van der Waals surface area contributed by atoms with Gasteiger partial charge in [0.1, 0.15) is 11.4 Å². The number of amides is 1. The lowest BCUT2D eigenvalue weighted by atomic mass is 10.0. The highest BCUT2D eigenvalue weighted by Crippen LogP contribution is 2.23. The first-order chi connectivity index (χ1) is 9.73. The number of aromatic nitrogens is 1. The summed E-state index contributed by atoms with van der Waals surface area (Å²) in [4.78, 5) is 18.2. The number of hydrogen-bond donors (Lipinski definition) is 1. The van der Waals surface area contributed by atoms with E-state index < -0.39 is 5.60 Å². The number of carbonyl (C=O) groups is 1. The summed E-state index contributed by atoms with van der Waals surface area (Å²) < 4.78 is 5.41. The predicted molar refractivity (Wildman–Crippen MR) is 83.0 cm³/mol. The molecule has 0 aliphatic carbocycles. The first-order valence-corrected chi connectivity index (χ1v) is 7.44. The molecule has 21 heavy (non-hydrogen) atoms. The molecule has 1 fully saturated rings. The van der Waals surface area contributed by atoms with Gasteiger partial charge in [0.15, 0.2) is 0 Å². The third-order valence-electron chi connectivity index (χ3n) is 3.48. The van der Waals surface area contributed by atoms with Gasteiger partial charge in [0.05, 0.1) is 0 Å². The monoisotopic (exact) mass is 291 g/mol. The Kier molecular flexibility index (Phi) is 4.40. The molecule has 0 bridgehead atoms. The third kappa shape index (κ3) is 4.62. The number of hydrogen-bond acceptors (Lipinski definition) is 4. The molecular weight excluding hydrogens is 266 g/mol. The lowest BCUT2D eigenvalue weighted by Gasteiger charge is -2.24. The molecule has 1 amide bonds. The Morgan fingerprint density at radius 1 is 1.48 bits per heavy atom. The van der Waals surface area contributed by atoms with Gasteiger partial charge in [0.25, 0.3) is 0 Å². The Morgan fingerprint density at radius 2 is 2.19 bits per heavy atom. The fraction of sp³-hybridized carbons (Fsp3) is 0.625. The number of ether oxygens (including phenoxy) is 1. The largest absolute Gasteiger partial charge is 0.444 e. The fourth-order valence-corrected chi connectivity index (χ4v) is 2.66. The SMILES string of the molecule is Cc1cc(N)nc(CC2CCN(C(=O)OC(C)(C)C)C2)c1. The summed E-state index contributed by atoms with van der Waals surface area (Å²) in [6.45, 7) is 9.15. The number of rotatable bonds is 2. The molecule has 116 valence electrons. The maximum atomic E-state index is 12.0. The van der Waals surface area contributed by atoms with E-state index in [1.807, 2.05) is 33.8 Å². The number of nitrogen functional groups attached to an aromatic ring is 1. The van der Waals surface area contributed by atoms with Crippen molar-refractivity contribution < 1.29 is 9.53 Å². The quantitative estimate of drug-likeness (QED) is 0.909. The van der Waals surface area contributed by atoms with Gasteiger partial charge in [-0.05, 0) is 64.2 Å². The number of nitrogens with two attached hydrogens (primary N) is 1. The lowest BCUT2D eigenvalue weighted by molar-refractivity contribution is 0.0288. The number of anilines is 1. The summed E-state index contributed by atoms with van der Waals surface area (Å²) in [6, 6.07) is 3.93. The van der Waals surface area contributed by atoms with E-state index in [-0.39, 0.29) is 6.09 Å². The van der Waals surface area contributed by atoms with E-state index in [9.17, 15) is 4.79 Å². The molecule has 0 aromatic carbocycles. The molecule has 0 saturated carbocycles. The molecule has 0 radical (unpaired) electrons. The van der Waals surface area contributed by atoms with Crippen LogP contribution in [0.25, 0.3) is 0 Å². The third-order valence-corrected chi connectivity index (χ3v) is 3.48. The van der Waals surface area contributed by atoms with Gasteiger partial charge in [-0.3, -0.25) is 0 Å². The summed E-state index contributed by atoms with van der Waals surface area (Å²) >= 11 is 0.